The van der Waals surface area contributed by atoms with Gasteiger partial charge in [-0.25, -0.2) is 0 Å². The maximum atomic E-state index is 12.1. The molecule has 0 aliphatic carbocycles. The van der Waals surface area contributed by atoms with E-state index < -0.39 is 23.4 Å². The first-order valence-corrected chi connectivity index (χ1v) is 8.45. The SMILES string of the molecule is Cc1ccc(CC(=O)OCC(=O)Nc2c([N+](=O)[O-])ccc(C)c2C)cc1C. The van der Waals surface area contributed by atoms with E-state index in [0.717, 1.165) is 22.3 Å². The van der Waals surface area contributed by atoms with E-state index in [2.05, 4.69) is 5.32 Å². The number of nitro groups is 1. The maximum absolute atomic E-state index is 12.1. The highest BCUT2D eigenvalue weighted by Gasteiger charge is 2.20. The number of esters is 1. The molecule has 0 aliphatic heterocycles. The summed E-state index contributed by atoms with van der Waals surface area (Å²) >= 11 is 0. The molecule has 0 unspecified atom stereocenters. The number of aryl methyl sites for hydroxylation is 3. The zero-order chi connectivity index (χ0) is 20.1. The summed E-state index contributed by atoms with van der Waals surface area (Å²) < 4.78 is 5.00. The standard InChI is InChI=1S/C20H22N2O5/c1-12-5-7-16(9-14(12)3)10-19(24)27-11-18(23)21-20-15(4)13(2)6-8-17(20)22(25)26/h5-9H,10-11H2,1-4H3,(H,21,23). The molecule has 0 aliphatic rings. The van der Waals surface area contributed by atoms with Gasteiger partial charge in [0, 0.05) is 6.07 Å². The molecule has 27 heavy (non-hydrogen) atoms. The first-order valence-electron chi connectivity index (χ1n) is 8.45. The Kier molecular flexibility index (Phi) is 6.28. The van der Waals surface area contributed by atoms with Crippen molar-refractivity contribution >= 4 is 23.3 Å². The van der Waals surface area contributed by atoms with E-state index in [1.165, 1.54) is 6.07 Å². The van der Waals surface area contributed by atoms with Gasteiger partial charge in [-0.2, -0.15) is 0 Å². The Bertz CT molecular complexity index is 905. The van der Waals surface area contributed by atoms with Gasteiger partial charge in [0.1, 0.15) is 5.69 Å². The van der Waals surface area contributed by atoms with Gasteiger partial charge in [-0.3, -0.25) is 19.7 Å². The molecule has 142 valence electrons. The number of rotatable bonds is 6. The van der Waals surface area contributed by atoms with Crippen molar-refractivity contribution in [2.45, 2.75) is 34.1 Å². The van der Waals surface area contributed by atoms with Crippen molar-refractivity contribution in [2.75, 3.05) is 11.9 Å². The number of hydrogen-bond donors (Lipinski definition) is 1. The summed E-state index contributed by atoms with van der Waals surface area (Å²) in [5, 5.41) is 13.6. The first kappa shape index (κ1) is 20.1. The fraction of sp³-hybridized carbons (Fsp3) is 0.300. The number of carbonyl (C=O) groups excluding carboxylic acids is 2. The third-order valence-corrected chi connectivity index (χ3v) is 4.46. The Balaban J connectivity index is 1.98. The van der Waals surface area contributed by atoms with Crippen LogP contribution in [-0.2, 0) is 20.7 Å². The molecular weight excluding hydrogens is 348 g/mol. The minimum Gasteiger partial charge on any atom is -0.455 e. The van der Waals surface area contributed by atoms with Gasteiger partial charge in [0.2, 0.25) is 0 Å². The zero-order valence-electron chi connectivity index (χ0n) is 15.8. The number of nitrogens with zero attached hydrogens (tertiary/aromatic N) is 1. The number of ether oxygens (including phenoxy) is 1. The van der Waals surface area contributed by atoms with E-state index in [4.69, 9.17) is 4.74 Å². The smallest absolute Gasteiger partial charge is 0.310 e. The van der Waals surface area contributed by atoms with Crippen LogP contribution in [0.4, 0.5) is 11.4 Å². The third kappa shape index (κ3) is 5.13. The largest absolute Gasteiger partial charge is 0.455 e. The number of anilines is 1. The van der Waals surface area contributed by atoms with Crippen molar-refractivity contribution in [2.24, 2.45) is 0 Å². The molecule has 1 N–H and O–H groups in total. The van der Waals surface area contributed by atoms with Crippen molar-refractivity contribution in [1.82, 2.24) is 0 Å². The van der Waals surface area contributed by atoms with E-state index in [9.17, 15) is 19.7 Å². The van der Waals surface area contributed by atoms with Crippen LogP contribution in [0.5, 0.6) is 0 Å². The molecule has 0 spiro atoms. The summed E-state index contributed by atoms with van der Waals surface area (Å²) in [7, 11) is 0. The molecule has 2 rings (SSSR count). The van der Waals surface area contributed by atoms with E-state index >= 15 is 0 Å². The summed E-state index contributed by atoms with van der Waals surface area (Å²) in [6.07, 6.45) is 0.0536. The summed E-state index contributed by atoms with van der Waals surface area (Å²) in [4.78, 5) is 34.6. The molecule has 1 amide bonds. The van der Waals surface area contributed by atoms with Crippen molar-refractivity contribution in [3.05, 3.63) is 68.3 Å². The predicted molar refractivity (Wildman–Crippen MR) is 102 cm³/mol. The zero-order valence-corrected chi connectivity index (χ0v) is 15.8. The lowest BCUT2D eigenvalue weighted by Crippen LogP contribution is -2.22. The topological polar surface area (TPSA) is 98.5 Å². The lowest BCUT2D eigenvalue weighted by Gasteiger charge is -2.11. The van der Waals surface area contributed by atoms with Gasteiger partial charge < -0.3 is 10.1 Å². The maximum Gasteiger partial charge on any atom is 0.310 e. The molecule has 0 fully saturated rings. The van der Waals surface area contributed by atoms with Crippen molar-refractivity contribution in [1.29, 1.82) is 0 Å². The van der Waals surface area contributed by atoms with E-state index in [0.29, 0.717) is 5.56 Å². The quantitative estimate of drug-likeness (QED) is 0.476. The van der Waals surface area contributed by atoms with Crippen LogP contribution in [0.25, 0.3) is 0 Å². The van der Waals surface area contributed by atoms with Crippen molar-refractivity contribution in [3.8, 4) is 0 Å². The van der Waals surface area contributed by atoms with Gasteiger partial charge in [0.25, 0.3) is 11.6 Å². The van der Waals surface area contributed by atoms with Gasteiger partial charge in [-0.1, -0.05) is 24.3 Å². The van der Waals surface area contributed by atoms with Crippen LogP contribution in [0.15, 0.2) is 30.3 Å². The monoisotopic (exact) mass is 370 g/mol. The van der Waals surface area contributed by atoms with Gasteiger partial charge >= 0.3 is 5.97 Å². The molecular formula is C20H22N2O5. The van der Waals surface area contributed by atoms with Gasteiger partial charge in [0.15, 0.2) is 6.61 Å². The number of hydrogen-bond acceptors (Lipinski definition) is 5. The minimum absolute atomic E-state index is 0.0536. The second kappa shape index (κ2) is 8.44. The first-order chi connectivity index (χ1) is 12.7. The van der Waals surface area contributed by atoms with Crippen molar-refractivity contribution < 1.29 is 19.2 Å². The average Bonchev–Trinajstić information content (AvgIpc) is 2.60. The van der Waals surface area contributed by atoms with E-state index in [-0.39, 0.29) is 17.8 Å². The summed E-state index contributed by atoms with van der Waals surface area (Å²) in [6, 6.07) is 8.61. The minimum atomic E-state index is -0.625. The summed E-state index contributed by atoms with van der Waals surface area (Å²) in [5.74, 6) is -1.16. The highest BCUT2D eigenvalue weighted by molar-refractivity contribution is 5.96. The van der Waals surface area contributed by atoms with Gasteiger partial charge in [-0.05, 0) is 55.5 Å². The van der Waals surface area contributed by atoms with Crippen LogP contribution in [-0.4, -0.2) is 23.4 Å². The lowest BCUT2D eigenvalue weighted by molar-refractivity contribution is -0.384. The molecule has 0 aromatic heterocycles. The van der Waals surface area contributed by atoms with Crippen LogP contribution < -0.4 is 5.32 Å². The molecule has 7 heteroatoms. The highest BCUT2D eigenvalue weighted by atomic mass is 16.6. The molecule has 0 radical (unpaired) electrons. The normalized spacial score (nSPS) is 10.4. The number of nitro benzene ring substituents is 1. The van der Waals surface area contributed by atoms with E-state index in [1.54, 1.807) is 19.9 Å². The Morgan fingerprint density at radius 2 is 1.70 bits per heavy atom. The van der Waals surface area contributed by atoms with Crippen LogP contribution >= 0.6 is 0 Å². The van der Waals surface area contributed by atoms with E-state index in [1.807, 2.05) is 32.0 Å². The molecule has 0 atom stereocenters. The molecule has 0 bridgehead atoms. The molecule has 0 saturated heterocycles. The Hall–Kier alpha value is -3.22. The molecule has 7 nitrogen and oxygen atoms in total. The molecule has 2 aromatic carbocycles. The van der Waals surface area contributed by atoms with Crippen LogP contribution in [0.1, 0.15) is 27.8 Å². The number of benzene rings is 2. The Morgan fingerprint density at radius 1 is 1.04 bits per heavy atom. The fourth-order valence-corrected chi connectivity index (χ4v) is 2.56. The highest BCUT2D eigenvalue weighted by Crippen LogP contribution is 2.30. The Morgan fingerprint density at radius 3 is 2.33 bits per heavy atom. The predicted octanol–water partition coefficient (Wildman–Crippen LogP) is 3.55. The molecule has 0 heterocycles. The van der Waals surface area contributed by atoms with Crippen LogP contribution in [0, 0.1) is 37.8 Å². The molecule has 0 saturated carbocycles. The van der Waals surface area contributed by atoms with Crippen LogP contribution in [0.2, 0.25) is 0 Å². The summed E-state index contributed by atoms with van der Waals surface area (Å²) in [5.41, 5.74) is 4.32. The number of nitrogens with one attached hydrogen (secondary N) is 1. The lowest BCUT2D eigenvalue weighted by atomic mass is 10.0. The van der Waals surface area contributed by atoms with Gasteiger partial charge in [0.05, 0.1) is 11.3 Å². The second-order valence-corrected chi connectivity index (χ2v) is 6.46. The Labute approximate surface area is 157 Å². The summed E-state index contributed by atoms with van der Waals surface area (Å²) in [6.45, 7) is 6.90. The number of carbonyl (C=O) groups is 2. The second-order valence-electron chi connectivity index (χ2n) is 6.46. The molecule has 2 aromatic rings. The number of amides is 1. The van der Waals surface area contributed by atoms with Crippen molar-refractivity contribution in [3.63, 3.8) is 0 Å². The van der Waals surface area contributed by atoms with Gasteiger partial charge in [-0.15, -0.1) is 0 Å². The fourth-order valence-electron chi connectivity index (χ4n) is 2.56. The van der Waals surface area contributed by atoms with Crippen LogP contribution in [0.3, 0.4) is 0 Å². The average molecular weight is 370 g/mol. The third-order valence-electron chi connectivity index (χ3n) is 4.46.